The van der Waals surface area contributed by atoms with Gasteiger partial charge in [-0.25, -0.2) is 0 Å². The molecule has 5 heteroatoms. The van der Waals surface area contributed by atoms with Crippen LogP contribution in [0.2, 0.25) is 0 Å². The third kappa shape index (κ3) is 3.40. The third-order valence-electron chi connectivity index (χ3n) is 4.70. The van der Waals surface area contributed by atoms with Crippen LogP contribution in [0, 0.1) is 0 Å². The minimum Gasteiger partial charge on any atom is -0.397 e. The summed E-state index contributed by atoms with van der Waals surface area (Å²) in [7, 11) is 0. The van der Waals surface area contributed by atoms with Crippen molar-refractivity contribution < 1.29 is 9.59 Å². The van der Waals surface area contributed by atoms with Crippen LogP contribution in [0.5, 0.6) is 0 Å². The van der Waals surface area contributed by atoms with Crippen LogP contribution < -0.4 is 11.1 Å². The molecule has 2 amide bonds. The molecular formula is C22H19N3O2. The summed E-state index contributed by atoms with van der Waals surface area (Å²) >= 11 is 0. The lowest BCUT2D eigenvalue weighted by Gasteiger charge is -2.14. The van der Waals surface area contributed by atoms with Crippen LogP contribution >= 0.6 is 0 Å². The second-order valence-corrected chi connectivity index (χ2v) is 6.53. The Morgan fingerprint density at radius 1 is 0.963 bits per heavy atom. The van der Waals surface area contributed by atoms with E-state index in [4.69, 9.17) is 5.73 Å². The molecule has 0 radical (unpaired) electrons. The summed E-state index contributed by atoms with van der Waals surface area (Å²) in [6, 6.07) is 13.7. The second kappa shape index (κ2) is 6.96. The number of anilines is 2. The number of fused-ring (bicyclic) bond motifs is 1. The quantitative estimate of drug-likeness (QED) is 0.822. The summed E-state index contributed by atoms with van der Waals surface area (Å²) in [6.07, 6.45) is 8.92. The fourth-order valence-electron chi connectivity index (χ4n) is 3.19. The third-order valence-corrected chi connectivity index (χ3v) is 4.70. The van der Waals surface area contributed by atoms with Crippen molar-refractivity contribution in [2.24, 2.45) is 0 Å². The number of hydrogen-bond acceptors (Lipinski definition) is 3. The number of hydrogen-bond donors (Lipinski definition) is 2. The molecule has 0 aromatic heterocycles. The summed E-state index contributed by atoms with van der Waals surface area (Å²) in [4.78, 5) is 26.8. The van der Waals surface area contributed by atoms with Crippen molar-refractivity contribution in [2.75, 3.05) is 17.6 Å². The average molecular weight is 357 g/mol. The van der Waals surface area contributed by atoms with Crippen LogP contribution in [0.4, 0.5) is 11.4 Å². The van der Waals surface area contributed by atoms with E-state index >= 15 is 0 Å². The number of allylic oxidation sites excluding steroid dienone is 3. The topological polar surface area (TPSA) is 75.4 Å². The Bertz CT molecular complexity index is 1000. The van der Waals surface area contributed by atoms with E-state index in [2.05, 4.69) is 11.4 Å². The lowest BCUT2D eigenvalue weighted by molar-refractivity contribution is 0.0838. The Kier molecular flexibility index (Phi) is 4.34. The number of rotatable bonds is 3. The van der Waals surface area contributed by atoms with Gasteiger partial charge in [0.25, 0.3) is 11.8 Å². The fraction of sp³-hybridized carbons (Fsp3) is 0.0909. The zero-order chi connectivity index (χ0) is 18.8. The zero-order valence-corrected chi connectivity index (χ0v) is 14.7. The molecule has 2 aromatic carbocycles. The summed E-state index contributed by atoms with van der Waals surface area (Å²) in [6.45, 7) is 0.591. The summed E-state index contributed by atoms with van der Waals surface area (Å²) < 4.78 is 0. The molecule has 134 valence electrons. The van der Waals surface area contributed by atoms with Gasteiger partial charge < -0.3 is 16.0 Å². The maximum absolute atomic E-state index is 12.7. The Morgan fingerprint density at radius 3 is 2.44 bits per heavy atom. The first-order chi connectivity index (χ1) is 13.1. The van der Waals surface area contributed by atoms with Gasteiger partial charge in [0.2, 0.25) is 0 Å². The van der Waals surface area contributed by atoms with Gasteiger partial charge in [0.1, 0.15) is 0 Å². The molecule has 4 rings (SSSR count). The lowest BCUT2D eigenvalue weighted by atomic mass is 10.0. The van der Waals surface area contributed by atoms with Gasteiger partial charge in [-0.05, 0) is 54.0 Å². The van der Waals surface area contributed by atoms with Gasteiger partial charge in [0.05, 0.1) is 17.9 Å². The van der Waals surface area contributed by atoms with E-state index in [-0.39, 0.29) is 11.8 Å². The Hall–Kier alpha value is -3.60. The largest absolute Gasteiger partial charge is 0.397 e. The van der Waals surface area contributed by atoms with Crippen LogP contribution in [0.1, 0.15) is 27.1 Å². The van der Waals surface area contributed by atoms with E-state index in [0.717, 1.165) is 6.42 Å². The maximum atomic E-state index is 12.7. The maximum Gasteiger partial charge on any atom is 0.258 e. The summed E-state index contributed by atoms with van der Waals surface area (Å²) in [5.41, 5.74) is 10.3. The molecule has 0 bridgehead atoms. The Labute approximate surface area is 157 Å². The summed E-state index contributed by atoms with van der Waals surface area (Å²) in [5, 5.41) is 2.78. The lowest BCUT2D eigenvalue weighted by Crippen LogP contribution is -2.24. The van der Waals surface area contributed by atoms with Crippen molar-refractivity contribution in [1.82, 2.24) is 4.90 Å². The fourth-order valence-corrected chi connectivity index (χ4v) is 3.19. The molecule has 2 aliphatic rings. The zero-order valence-electron chi connectivity index (χ0n) is 14.7. The average Bonchev–Trinajstić information content (AvgIpc) is 3.13. The molecule has 0 fully saturated rings. The molecular weight excluding hydrogens is 338 g/mol. The van der Waals surface area contributed by atoms with Crippen LogP contribution in [0.15, 0.2) is 84.1 Å². The molecule has 1 aliphatic carbocycles. The molecule has 0 saturated heterocycles. The number of nitrogens with two attached hydrogens (primary N) is 1. The molecule has 0 saturated carbocycles. The van der Waals surface area contributed by atoms with Gasteiger partial charge in [-0.15, -0.1) is 0 Å². The number of carbonyl (C=O) groups excluding carboxylic acids is 2. The number of nitrogen functional groups attached to an aromatic ring is 1. The van der Waals surface area contributed by atoms with Crippen molar-refractivity contribution in [3.8, 4) is 0 Å². The highest BCUT2D eigenvalue weighted by Crippen LogP contribution is 2.28. The van der Waals surface area contributed by atoms with Crippen LogP contribution in [-0.2, 0) is 0 Å². The molecule has 0 spiro atoms. The minimum absolute atomic E-state index is 0.0722. The molecule has 0 atom stereocenters. The molecule has 1 aliphatic heterocycles. The van der Waals surface area contributed by atoms with Crippen molar-refractivity contribution >= 4 is 23.2 Å². The Balaban J connectivity index is 1.46. The van der Waals surface area contributed by atoms with Crippen LogP contribution in [0.25, 0.3) is 0 Å². The van der Waals surface area contributed by atoms with Gasteiger partial charge in [0.15, 0.2) is 0 Å². The molecule has 0 unspecified atom stereocenters. The molecule has 3 N–H and O–H groups in total. The number of carbonyl (C=O) groups is 2. The predicted molar refractivity (Wildman–Crippen MR) is 106 cm³/mol. The minimum atomic E-state index is -0.266. The van der Waals surface area contributed by atoms with E-state index in [1.54, 1.807) is 53.4 Å². The van der Waals surface area contributed by atoms with E-state index in [0.29, 0.717) is 29.0 Å². The highest BCUT2D eigenvalue weighted by molar-refractivity contribution is 6.06. The normalized spacial score (nSPS) is 15.0. The van der Waals surface area contributed by atoms with Gasteiger partial charge in [0, 0.05) is 17.3 Å². The Morgan fingerprint density at radius 2 is 1.70 bits per heavy atom. The van der Waals surface area contributed by atoms with Gasteiger partial charge >= 0.3 is 0 Å². The van der Waals surface area contributed by atoms with Crippen molar-refractivity contribution in [3.05, 3.63) is 95.2 Å². The number of amides is 2. The first-order valence-electron chi connectivity index (χ1n) is 8.75. The number of para-hydroxylation sites is 2. The first-order valence-corrected chi connectivity index (χ1v) is 8.75. The molecule has 2 aromatic rings. The van der Waals surface area contributed by atoms with E-state index in [9.17, 15) is 9.59 Å². The number of nitrogens with zero attached hydrogens (tertiary/aromatic N) is 1. The van der Waals surface area contributed by atoms with Crippen molar-refractivity contribution in [1.29, 1.82) is 0 Å². The molecule has 27 heavy (non-hydrogen) atoms. The van der Waals surface area contributed by atoms with Crippen LogP contribution in [0.3, 0.4) is 0 Å². The smallest absolute Gasteiger partial charge is 0.258 e. The predicted octanol–water partition coefficient (Wildman–Crippen LogP) is 3.75. The van der Waals surface area contributed by atoms with E-state index < -0.39 is 0 Å². The van der Waals surface area contributed by atoms with Crippen molar-refractivity contribution in [2.45, 2.75) is 6.42 Å². The standard InChI is InChI=1S/C22H19N3O2/c23-19-7-3-4-8-20(19)24-21(26)15-9-11-16(12-10-15)22(27)25-13-17-5-1-2-6-18(17)14-25/h1-5,7-12,14H,6,13,23H2,(H,24,26). The van der Waals surface area contributed by atoms with E-state index in [1.807, 2.05) is 18.4 Å². The molecule has 1 heterocycles. The molecule has 5 nitrogen and oxygen atoms in total. The van der Waals surface area contributed by atoms with Gasteiger partial charge in [-0.3, -0.25) is 9.59 Å². The highest BCUT2D eigenvalue weighted by atomic mass is 16.2. The van der Waals surface area contributed by atoms with Gasteiger partial charge in [-0.1, -0.05) is 30.4 Å². The number of nitrogens with one attached hydrogen (secondary N) is 1. The van der Waals surface area contributed by atoms with Crippen molar-refractivity contribution in [3.63, 3.8) is 0 Å². The number of benzene rings is 2. The van der Waals surface area contributed by atoms with E-state index in [1.165, 1.54) is 11.1 Å². The SMILES string of the molecule is Nc1ccccc1NC(=O)c1ccc(C(=O)N2C=C3CC=CC=C3C2)cc1. The van der Waals surface area contributed by atoms with Gasteiger partial charge in [-0.2, -0.15) is 0 Å². The first kappa shape index (κ1) is 16.8. The monoisotopic (exact) mass is 357 g/mol. The highest BCUT2D eigenvalue weighted by Gasteiger charge is 2.24. The second-order valence-electron chi connectivity index (χ2n) is 6.53. The summed E-state index contributed by atoms with van der Waals surface area (Å²) in [5.74, 6) is -0.338. The van der Waals surface area contributed by atoms with Crippen LogP contribution in [-0.4, -0.2) is 23.3 Å².